The van der Waals surface area contributed by atoms with Gasteiger partial charge in [0, 0.05) is 8.95 Å². The van der Waals surface area contributed by atoms with Crippen LogP contribution in [0, 0.1) is 11.6 Å². The van der Waals surface area contributed by atoms with Gasteiger partial charge in [0.05, 0.1) is 11.1 Å². The van der Waals surface area contributed by atoms with Gasteiger partial charge in [0.25, 0.3) is 0 Å². The van der Waals surface area contributed by atoms with Gasteiger partial charge in [-0.15, -0.1) is 0 Å². The number of hydrogen-bond acceptors (Lipinski definition) is 1. The molecule has 18 heavy (non-hydrogen) atoms. The quantitative estimate of drug-likeness (QED) is 0.694. The van der Waals surface area contributed by atoms with Gasteiger partial charge in [0.15, 0.2) is 5.78 Å². The minimum Gasteiger partial charge on any atom is -0.288 e. The van der Waals surface area contributed by atoms with Crippen LogP contribution in [0.2, 0.25) is 0 Å². The Kier molecular flexibility index (Phi) is 3.92. The Hall–Kier alpha value is -1.07. The summed E-state index contributed by atoms with van der Waals surface area (Å²) in [5.74, 6) is -2.06. The Balaban J connectivity index is 2.58. The van der Waals surface area contributed by atoms with Gasteiger partial charge in [0.1, 0.15) is 11.6 Å². The lowest BCUT2D eigenvalue weighted by molar-refractivity contribution is 0.103. The Labute approximate surface area is 119 Å². The molecular weight excluding hydrogens is 370 g/mol. The molecule has 0 aromatic heterocycles. The maximum Gasteiger partial charge on any atom is 0.200 e. The summed E-state index contributed by atoms with van der Waals surface area (Å²) >= 11 is 6.24. The standard InChI is InChI=1S/C13H6Br2F2O/c14-7-4-5-10(16)8(6-7)13(18)12-9(15)2-1-3-11(12)17/h1-6H. The molecule has 2 aromatic carbocycles. The largest absolute Gasteiger partial charge is 0.288 e. The highest BCUT2D eigenvalue weighted by Gasteiger charge is 2.20. The number of ketones is 1. The van der Waals surface area contributed by atoms with Crippen LogP contribution >= 0.6 is 31.9 Å². The van der Waals surface area contributed by atoms with Crippen molar-refractivity contribution in [1.29, 1.82) is 0 Å². The van der Waals surface area contributed by atoms with E-state index in [1.54, 1.807) is 0 Å². The van der Waals surface area contributed by atoms with Gasteiger partial charge in [-0.3, -0.25) is 4.79 Å². The lowest BCUT2D eigenvalue weighted by Crippen LogP contribution is -2.07. The summed E-state index contributed by atoms with van der Waals surface area (Å²) in [6.07, 6.45) is 0. The summed E-state index contributed by atoms with van der Waals surface area (Å²) in [4.78, 5) is 12.1. The molecule has 0 spiro atoms. The molecule has 5 heteroatoms. The van der Waals surface area contributed by atoms with Gasteiger partial charge >= 0.3 is 0 Å². The van der Waals surface area contributed by atoms with Gasteiger partial charge in [0.2, 0.25) is 0 Å². The van der Waals surface area contributed by atoms with Crippen LogP contribution in [-0.4, -0.2) is 5.78 Å². The minimum atomic E-state index is -0.696. The van der Waals surface area contributed by atoms with E-state index in [1.165, 1.54) is 24.3 Å². The SMILES string of the molecule is O=C(c1cc(Br)ccc1F)c1c(F)cccc1Br. The van der Waals surface area contributed by atoms with Crippen molar-refractivity contribution < 1.29 is 13.6 Å². The van der Waals surface area contributed by atoms with Crippen LogP contribution in [0.5, 0.6) is 0 Å². The first-order valence-electron chi connectivity index (χ1n) is 4.94. The van der Waals surface area contributed by atoms with E-state index in [-0.39, 0.29) is 11.1 Å². The molecule has 0 N–H and O–H groups in total. The topological polar surface area (TPSA) is 17.1 Å². The average Bonchev–Trinajstić information content (AvgIpc) is 2.32. The first-order chi connectivity index (χ1) is 8.50. The van der Waals surface area contributed by atoms with E-state index >= 15 is 0 Å². The number of carbonyl (C=O) groups excluding carboxylic acids is 1. The van der Waals surface area contributed by atoms with Crippen molar-refractivity contribution in [2.24, 2.45) is 0 Å². The maximum atomic E-state index is 13.6. The zero-order valence-corrected chi connectivity index (χ0v) is 12.1. The van der Waals surface area contributed by atoms with E-state index < -0.39 is 17.4 Å². The Morgan fingerprint density at radius 3 is 2.39 bits per heavy atom. The summed E-state index contributed by atoms with van der Waals surface area (Å²) in [5.41, 5.74) is -0.343. The molecule has 0 amide bonds. The lowest BCUT2D eigenvalue weighted by atomic mass is 10.0. The van der Waals surface area contributed by atoms with Gasteiger partial charge in [-0.25, -0.2) is 8.78 Å². The number of carbonyl (C=O) groups is 1. The van der Waals surface area contributed by atoms with Crippen molar-refractivity contribution in [1.82, 2.24) is 0 Å². The van der Waals surface area contributed by atoms with E-state index in [0.29, 0.717) is 8.95 Å². The molecule has 0 radical (unpaired) electrons. The van der Waals surface area contributed by atoms with Crippen LogP contribution in [0.25, 0.3) is 0 Å². The molecule has 0 aliphatic carbocycles. The summed E-state index contributed by atoms with van der Waals surface area (Å²) in [5, 5.41) is 0. The minimum absolute atomic E-state index is 0.171. The Morgan fingerprint density at radius 1 is 1.00 bits per heavy atom. The third-order valence-corrected chi connectivity index (χ3v) is 3.52. The first-order valence-corrected chi connectivity index (χ1v) is 6.53. The summed E-state index contributed by atoms with van der Waals surface area (Å²) in [6.45, 7) is 0. The van der Waals surface area contributed by atoms with Crippen LogP contribution in [0.4, 0.5) is 8.78 Å². The number of halogens is 4. The maximum absolute atomic E-state index is 13.6. The summed E-state index contributed by atoms with van der Waals surface area (Å²) in [6, 6.07) is 8.12. The highest BCUT2D eigenvalue weighted by molar-refractivity contribution is 9.10. The van der Waals surface area contributed by atoms with Crippen molar-refractivity contribution in [2.45, 2.75) is 0 Å². The average molecular weight is 376 g/mol. The van der Waals surface area contributed by atoms with E-state index in [9.17, 15) is 13.6 Å². The van der Waals surface area contributed by atoms with Crippen LogP contribution < -0.4 is 0 Å². The van der Waals surface area contributed by atoms with E-state index in [1.807, 2.05) is 0 Å². The van der Waals surface area contributed by atoms with E-state index in [2.05, 4.69) is 31.9 Å². The molecule has 0 aliphatic rings. The van der Waals surface area contributed by atoms with Crippen molar-refractivity contribution in [3.05, 3.63) is 68.1 Å². The fraction of sp³-hybridized carbons (Fsp3) is 0. The van der Waals surface area contributed by atoms with Gasteiger partial charge in [-0.05, 0) is 46.3 Å². The summed E-state index contributed by atoms with van der Waals surface area (Å²) in [7, 11) is 0. The summed E-state index contributed by atoms with van der Waals surface area (Å²) < 4.78 is 28.1. The van der Waals surface area contributed by atoms with Crippen LogP contribution in [0.15, 0.2) is 45.3 Å². The third-order valence-electron chi connectivity index (χ3n) is 2.36. The second kappa shape index (κ2) is 5.28. The molecule has 0 saturated heterocycles. The molecule has 0 aliphatic heterocycles. The van der Waals surface area contributed by atoms with Crippen molar-refractivity contribution >= 4 is 37.6 Å². The molecule has 0 saturated carbocycles. The zero-order chi connectivity index (χ0) is 13.3. The second-order valence-electron chi connectivity index (χ2n) is 3.55. The van der Waals surface area contributed by atoms with Crippen LogP contribution in [0.3, 0.4) is 0 Å². The molecule has 1 nitrogen and oxygen atoms in total. The fourth-order valence-electron chi connectivity index (χ4n) is 1.52. The smallest absolute Gasteiger partial charge is 0.200 e. The predicted octanol–water partition coefficient (Wildman–Crippen LogP) is 4.72. The second-order valence-corrected chi connectivity index (χ2v) is 5.32. The zero-order valence-electron chi connectivity index (χ0n) is 8.88. The monoisotopic (exact) mass is 374 g/mol. The van der Waals surface area contributed by atoms with Crippen molar-refractivity contribution in [3.63, 3.8) is 0 Å². The first kappa shape index (κ1) is 13.4. The molecule has 0 bridgehead atoms. The van der Waals surface area contributed by atoms with Gasteiger partial charge in [-0.1, -0.05) is 22.0 Å². The number of rotatable bonds is 2. The highest BCUT2D eigenvalue weighted by Crippen LogP contribution is 2.25. The predicted molar refractivity (Wildman–Crippen MR) is 71.6 cm³/mol. The Morgan fingerprint density at radius 2 is 1.72 bits per heavy atom. The Bertz CT molecular complexity index is 606. The molecule has 0 unspecified atom stereocenters. The molecule has 2 rings (SSSR count). The van der Waals surface area contributed by atoms with Gasteiger partial charge < -0.3 is 0 Å². The molecule has 0 atom stereocenters. The molecule has 0 fully saturated rings. The van der Waals surface area contributed by atoms with Crippen molar-refractivity contribution in [3.8, 4) is 0 Å². The third kappa shape index (κ3) is 2.52. The number of benzene rings is 2. The molecule has 92 valence electrons. The highest BCUT2D eigenvalue weighted by atomic mass is 79.9. The van der Waals surface area contributed by atoms with Gasteiger partial charge in [-0.2, -0.15) is 0 Å². The number of hydrogen-bond donors (Lipinski definition) is 0. The van der Waals surface area contributed by atoms with E-state index in [4.69, 9.17) is 0 Å². The molecule has 2 aromatic rings. The lowest BCUT2D eigenvalue weighted by Gasteiger charge is -2.06. The fourth-order valence-corrected chi connectivity index (χ4v) is 2.40. The van der Waals surface area contributed by atoms with Crippen LogP contribution in [-0.2, 0) is 0 Å². The van der Waals surface area contributed by atoms with Crippen LogP contribution in [0.1, 0.15) is 15.9 Å². The molecular formula is C13H6Br2F2O. The molecule has 0 heterocycles. The van der Waals surface area contributed by atoms with E-state index in [0.717, 1.165) is 12.1 Å². The normalized spacial score (nSPS) is 10.4. The van der Waals surface area contributed by atoms with Crippen molar-refractivity contribution in [2.75, 3.05) is 0 Å².